The van der Waals surface area contributed by atoms with E-state index in [1.54, 1.807) is 30.3 Å². The van der Waals surface area contributed by atoms with Crippen LogP contribution >= 0.6 is 11.6 Å². The number of hydrogen-bond acceptors (Lipinski definition) is 4. The van der Waals surface area contributed by atoms with E-state index in [1.165, 1.54) is 6.08 Å². The van der Waals surface area contributed by atoms with Crippen molar-refractivity contribution < 1.29 is 14.4 Å². The fraction of sp³-hybridized carbons (Fsp3) is 0.190. The molecule has 0 atom stereocenters. The van der Waals surface area contributed by atoms with Crippen molar-refractivity contribution in [3.63, 3.8) is 0 Å². The van der Waals surface area contributed by atoms with E-state index < -0.39 is 17.4 Å². The zero-order valence-electron chi connectivity index (χ0n) is 15.4. The van der Waals surface area contributed by atoms with Gasteiger partial charge >= 0.3 is 5.97 Å². The van der Waals surface area contributed by atoms with Crippen LogP contribution in [0.25, 0.3) is 6.08 Å². The van der Waals surface area contributed by atoms with Crippen LogP contribution in [0.4, 0.5) is 0 Å². The minimum absolute atomic E-state index is 0.0111. The van der Waals surface area contributed by atoms with E-state index in [1.807, 2.05) is 51.1 Å². The van der Waals surface area contributed by atoms with Crippen molar-refractivity contribution in [2.75, 3.05) is 0 Å². The lowest BCUT2D eigenvalue weighted by atomic mass is 10.1. The van der Waals surface area contributed by atoms with Crippen LogP contribution in [0.1, 0.15) is 31.9 Å². The molecular formula is C21H21ClN2O3. The molecule has 0 aliphatic rings. The third-order valence-electron chi connectivity index (χ3n) is 3.26. The highest BCUT2D eigenvalue weighted by atomic mass is 35.5. The maximum atomic E-state index is 12.6. The number of benzene rings is 2. The number of hydrogen-bond donors (Lipinski definition) is 1. The molecule has 5 nitrogen and oxygen atoms in total. The van der Waals surface area contributed by atoms with Crippen molar-refractivity contribution >= 4 is 35.3 Å². The molecule has 0 unspecified atom stereocenters. The second-order valence-corrected chi connectivity index (χ2v) is 7.24. The van der Waals surface area contributed by atoms with Gasteiger partial charge in [0.15, 0.2) is 5.71 Å². The Morgan fingerprint density at radius 1 is 1.04 bits per heavy atom. The van der Waals surface area contributed by atoms with Crippen LogP contribution in [0.15, 0.2) is 65.8 Å². The normalized spacial score (nSPS) is 12.1. The van der Waals surface area contributed by atoms with Gasteiger partial charge in [-0.25, -0.2) is 4.79 Å². The average Bonchev–Trinajstić information content (AvgIpc) is 2.61. The first-order chi connectivity index (χ1) is 12.7. The smallest absolute Gasteiger partial charge is 0.346 e. The van der Waals surface area contributed by atoms with Gasteiger partial charge in [-0.1, -0.05) is 59.2 Å². The Morgan fingerprint density at radius 2 is 1.67 bits per heavy atom. The molecule has 2 rings (SSSR count). The third kappa shape index (κ3) is 7.07. The van der Waals surface area contributed by atoms with Crippen LogP contribution in [-0.2, 0) is 14.4 Å². The number of nitrogens with one attached hydrogen (secondary N) is 1. The molecule has 0 fully saturated rings. The van der Waals surface area contributed by atoms with Crippen molar-refractivity contribution in [1.29, 1.82) is 0 Å². The summed E-state index contributed by atoms with van der Waals surface area (Å²) < 4.78 is 0. The van der Waals surface area contributed by atoms with Crippen LogP contribution < -0.4 is 5.32 Å². The van der Waals surface area contributed by atoms with Crippen LogP contribution in [0.2, 0.25) is 5.02 Å². The Labute approximate surface area is 163 Å². The lowest BCUT2D eigenvalue weighted by molar-refractivity contribution is -0.137. The summed E-state index contributed by atoms with van der Waals surface area (Å²) in [6, 6.07) is 15.8. The van der Waals surface area contributed by atoms with Gasteiger partial charge in [0.25, 0.3) is 5.91 Å². The summed E-state index contributed by atoms with van der Waals surface area (Å²) in [7, 11) is 0. The van der Waals surface area contributed by atoms with Gasteiger partial charge < -0.3 is 10.2 Å². The molecule has 140 valence electrons. The van der Waals surface area contributed by atoms with E-state index in [-0.39, 0.29) is 5.71 Å². The fourth-order valence-electron chi connectivity index (χ4n) is 2.08. The van der Waals surface area contributed by atoms with E-state index in [2.05, 4.69) is 10.5 Å². The summed E-state index contributed by atoms with van der Waals surface area (Å²) in [6.07, 6.45) is 2.86. The van der Waals surface area contributed by atoms with E-state index in [4.69, 9.17) is 16.4 Å². The molecule has 1 N–H and O–H groups in total. The molecule has 0 aliphatic carbocycles. The number of nitrogens with zero attached hydrogens (tertiary/aromatic N) is 1. The molecule has 0 radical (unpaired) electrons. The Kier molecular flexibility index (Phi) is 6.91. The summed E-state index contributed by atoms with van der Waals surface area (Å²) >= 11 is 5.89. The molecule has 0 saturated heterocycles. The largest absolute Gasteiger partial charge is 0.358 e. The molecule has 0 spiro atoms. The first-order valence-corrected chi connectivity index (χ1v) is 8.73. The van der Waals surface area contributed by atoms with Crippen LogP contribution in [-0.4, -0.2) is 23.1 Å². The van der Waals surface area contributed by atoms with Gasteiger partial charge in [0.05, 0.1) is 0 Å². The lowest BCUT2D eigenvalue weighted by Gasteiger charge is -2.20. The summed E-state index contributed by atoms with van der Waals surface area (Å²) in [5.41, 5.74) is 0.854. The van der Waals surface area contributed by atoms with Crippen molar-refractivity contribution in [1.82, 2.24) is 5.32 Å². The number of carbonyl (C=O) groups excluding carboxylic acids is 2. The van der Waals surface area contributed by atoms with Gasteiger partial charge in [-0.2, -0.15) is 0 Å². The van der Waals surface area contributed by atoms with E-state index in [0.717, 1.165) is 5.56 Å². The lowest BCUT2D eigenvalue weighted by Crippen LogP contribution is -2.44. The number of amides is 1. The predicted octanol–water partition coefficient (Wildman–Crippen LogP) is 4.22. The predicted molar refractivity (Wildman–Crippen MR) is 107 cm³/mol. The van der Waals surface area contributed by atoms with Crippen LogP contribution in [0.5, 0.6) is 0 Å². The molecule has 0 aromatic heterocycles. The maximum Gasteiger partial charge on any atom is 0.358 e. The maximum absolute atomic E-state index is 12.6. The van der Waals surface area contributed by atoms with Gasteiger partial charge in [0, 0.05) is 22.2 Å². The molecule has 0 saturated carbocycles. The van der Waals surface area contributed by atoms with Crippen LogP contribution in [0.3, 0.4) is 0 Å². The molecule has 2 aromatic rings. The molecule has 2 aromatic carbocycles. The Hall–Kier alpha value is -2.92. The molecule has 6 heteroatoms. The van der Waals surface area contributed by atoms with Gasteiger partial charge in [-0.15, -0.1) is 0 Å². The molecule has 27 heavy (non-hydrogen) atoms. The number of rotatable bonds is 5. The van der Waals surface area contributed by atoms with Gasteiger partial charge in [-0.3, -0.25) is 4.79 Å². The molecule has 1 amide bonds. The van der Waals surface area contributed by atoms with E-state index >= 15 is 0 Å². The van der Waals surface area contributed by atoms with Crippen molar-refractivity contribution in [3.8, 4) is 0 Å². The summed E-state index contributed by atoms with van der Waals surface area (Å²) in [5, 5.41) is 7.11. The quantitative estimate of drug-likeness (QED) is 0.363. The highest BCUT2D eigenvalue weighted by Gasteiger charge is 2.21. The standard InChI is InChI=1S/C21H21ClN2O3/c1-21(2,3)23-20(26)19(16-10-12-17(22)13-11-16)24-27-18(25)14-9-15-7-5-4-6-8-15/h4-14H,1-3H3,(H,23,26)/b14-9+,24-19-. The Morgan fingerprint density at radius 3 is 2.26 bits per heavy atom. The molecular weight excluding hydrogens is 364 g/mol. The first-order valence-electron chi connectivity index (χ1n) is 8.35. The molecule has 0 bridgehead atoms. The molecule has 0 aliphatic heterocycles. The average molecular weight is 385 g/mol. The first kappa shape index (κ1) is 20.4. The second-order valence-electron chi connectivity index (χ2n) is 6.81. The van der Waals surface area contributed by atoms with Crippen molar-refractivity contribution in [2.24, 2.45) is 5.16 Å². The SMILES string of the molecule is CC(C)(C)NC(=O)/C(=N\OC(=O)/C=C/c1ccccc1)c1ccc(Cl)cc1. The zero-order valence-corrected chi connectivity index (χ0v) is 16.2. The monoisotopic (exact) mass is 384 g/mol. The number of halogens is 1. The van der Waals surface area contributed by atoms with Gasteiger partial charge in [-0.05, 0) is 44.5 Å². The van der Waals surface area contributed by atoms with Gasteiger partial charge in [0.1, 0.15) is 0 Å². The second kappa shape index (κ2) is 9.14. The van der Waals surface area contributed by atoms with Crippen LogP contribution in [0, 0.1) is 0 Å². The third-order valence-corrected chi connectivity index (χ3v) is 3.51. The fourth-order valence-corrected chi connectivity index (χ4v) is 2.21. The topological polar surface area (TPSA) is 67.8 Å². The minimum atomic E-state index is -0.686. The summed E-state index contributed by atoms with van der Waals surface area (Å²) in [4.78, 5) is 29.4. The van der Waals surface area contributed by atoms with E-state index in [0.29, 0.717) is 10.6 Å². The van der Waals surface area contributed by atoms with Gasteiger partial charge in [0.2, 0.25) is 0 Å². The zero-order chi connectivity index (χ0) is 19.9. The van der Waals surface area contributed by atoms with Crippen molar-refractivity contribution in [3.05, 3.63) is 76.8 Å². The Bertz CT molecular complexity index is 851. The van der Waals surface area contributed by atoms with E-state index in [9.17, 15) is 9.59 Å². The summed E-state index contributed by atoms with van der Waals surface area (Å²) in [6.45, 7) is 5.54. The summed E-state index contributed by atoms with van der Waals surface area (Å²) in [5.74, 6) is -1.14. The highest BCUT2D eigenvalue weighted by Crippen LogP contribution is 2.12. The Balaban J connectivity index is 2.19. The van der Waals surface area contributed by atoms with Crippen molar-refractivity contribution in [2.45, 2.75) is 26.3 Å². The molecule has 0 heterocycles. The minimum Gasteiger partial charge on any atom is -0.346 e. The number of carbonyl (C=O) groups is 2. The highest BCUT2D eigenvalue weighted by molar-refractivity contribution is 6.45. The number of oxime groups is 1.